The van der Waals surface area contributed by atoms with Crippen molar-refractivity contribution in [2.45, 2.75) is 336 Å². The van der Waals surface area contributed by atoms with E-state index in [1.165, 1.54) is 102 Å². The number of hydrogen-bond acceptors (Lipinski definition) is 30. The van der Waals surface area contributed by atoms with Gasteiger partial charge in [-0.25, -0.2) is 47.0 Å². The Hall–Kier alpha value is -8.11. The van der Waals surface area contributed by atoms with Crippen LogP contribution in [0.2, 0.25) is 0 Å². The summed E-state index contributed by atoms with van der Waals surface area (Å²) in [6.45, 7) is 41.4. The first-order valence-corrected chi connectivity index (χ1v) is 46.0. The molecule has 12 rings (SSSR count). The Bertz CT molecular complexity index is 4130. The molecule has 42 nitrogen and oxygen atoms in total. The lowest BCUT2D eigenvalue weighted by Crippen LogP contribution is -2.50. The van der Waals surface area contributed by atoms with E-state index < -0.39 is 110 Å². The second-order valence-corrected chi connectivity index (χ2v) is 38.8. The predicted octanol–water partition coefficient (Wildman–Crippen LogP) is 10.7. The molecular formula is C78H133N19O23S2. The highest BCUT2D eigenvalue weighted by Gasteiger charge is 2.52. The Morgan fingerprint density at radius 2 is 0.836 bits per heavy atom. The molecule has 3 aromatic heterocycles. The summed E-state index contributed by atoms with van der Waals surface area (Å²) in [4.78, 5) is 99.5. The molecule has 3 aromatic rings. The summed E-state index contributed by atoms with van der Waals surface area (Å²) in [7, 11) is -9.88. The minimum Gasteiger partial charge on any atom is -0.724 e. The Kier molecular flexibility index (Phi) is 33.8. The molecule has 9 aliphatic heterocycles. The molecule has 4 N–H and O–H groups in total. The molecule has 0 unspecified atom stereocenters. The maximum Gasteiger partial charge on any atom is 0.418 e. The van der Waals surface area contributed by atoms with E-state index in [-0.39, 0.29) is 74.0 Å². The molecule has 0 aromatic carbocycles. The fourth-order valence-electron chi connectivity index (χ4n) is 16.4. The quantitative estimate of drug-likeness (QED) is 0.0172. The number of amides is 10. The van der Waals surface area contributed by atoms with E-state index in [0.717, 1.165) is 31.0 Å². The van der Waals surface area contributed by atoms with Crippen molar-refractivity contribution in [2.75, 3.05) is 85.1 Å². The summed E-state index contributed by atoms with van der Waals surface area (Å²) in [5.41, 5.74) is -2.66. The molecule has 0 spiro atoms. The molecule has 122 heavy (non-hydrogen) atoms. The number of quaternary nitrogens is 1. The second-order valence-electron chi connectivity index (χ2n) is 36.8. The predicted molar refractivity (Wildman–Crippen MR) is 435 cm³/mol. The number of unbranched alkanes of at least 4 members (excludes halogenated alkanes) is 4. The Morgan fingerprint density at radius 3 is 1.20 bits per heavy atom. The molecule has 0 aliphatic carbocycles. The number of rotatable bonds is 28. The van der Waals surface area contributed by atoms with Crippen LogP contribution in [0.4, 0.5) is 33.6 Å². The standard InChI is InChI=1S/C24H38N6O10S.C24H38N6O7.C16H36N.C14H22N6O6S/c1-23(2,3)38-21(32)27-11-9-15(10-12-27)28(22(33)39-24(4,5)6)14-18-25-26-19(37-18)17-8-7-16-13-29(17)20(31)30(16)40-41(34,35)36;1-23(2,3)36-21(32)27-11-9-15(10-12-27)28(22(33)37-24(4,5)6)14-18-25-26-19(35-18)17-8-7-16-13-29(17)20(31)30(16)34;1-5-9-13-17(14-10-6-2,15-11-7-3)16-12-8-4;21-14-19-8-10(20(14)26-27(22,23)24)1-2-11(19)13-18-17-12(25-13)7-16-9-3-5-15-6-4-9/h15-17H,7-14H2,1-6H3,(H,34,35,36);15-17,34H,7-14H2,1-6H3;5-16H2,1-4H3;9-11,15-16H,1-8H2,(H,22,23,24)/q;;+1;/p-1/t2*16-,17+;;10-,11+/m11.1/s1. The van der Waals surface area contributed by atoms with Gasteiger partial charge >= 0.3 is 52.9 Å². The number of nitrogens with one attached hydrogen (secondary N) is 2. The van der Waals surface area contributed by atoms with Crippen molar-refractivity contribution in [3.8, 4) is 0 Å². The van der Waals surface area contributed by atoms with Crippen LogP contribution in [0.25, 0.3) is 0 Å². The smallest absolute Gasteiger partial charge is 0.418 e. The van der Waals surface area contributed by atoms with Crippen molar-refractivity contribution in [1.29, 1.82) is 0 Å². The van der Waals surface area contributed by atoms with Crippen molar-refractivity contribution < 1.29 is 110 Å². The van der Waals surface area contributed by atoms with Gasteiger partial charge in [-0.3, -0.25) is 19.6 Å². The third-order valence-electron chi connectivity index (χ3n) is 22.4. The van der Waals surface area contributed by atoms with Crippen LogP contribution in [0, 0.1) is 0 Å². The molecule has 9 aliphatic rings. The van der Waals surface area contributed by atoms with E-state index in [1.807, 2.05) is 20.8 Å². The number of carbonyl (C=O) groups is 7. The molecule has 6 bridgehead atoms. The molecule has 9 fully saturated rings. The van der Waals surface area contributed by atoms with Crippen LogP contribution in [0.1, 0.15) is 293 Å². The minimum atomic E-state index is -5.12. The van der Waals surface area contributed by atoms with Gasteiger partial charge in [-0.2, -0.15) is 22.8 Å². The first-order chi connectivity index (χ1) is 57.3. The lowest BCUT2D eigenvalue weighted by molar-refractivity contribution is -0.929. The van der Waals surface area contributed by atoms with Crippen LogP contribution in [-0.2, 0) is 67.9 Å². The number of aromatic nitrogens is 6. The van der Waals surface area contributed by atoms with E-state index >= 15 is 0 Å². The van der Waals surface area contributed by atoms with E-state index in [9.17, 15) is 60.2 Å². The lowest BCUT2D eigenvalue weighted by Gasteiger charge is -2.39. The monoisotopic (exact) mass is 1770 g/mol. The number of ether oxygens (including phenoxy) is 4. The van der Waals surface area contributed by atoms with Gasteiger partial charge in [-0.05, 0) is 199 Å². The van der Waals surface area contributed by atoms with Crippen LogP contribution in [0.15, 0.2) is 13.3 Å². The molecule has 0 radical (unpaired) electrons. The largest absolute Gasteiger partial charge is 0.724 e. The highest BCUT2D eigenvalue weighted by molar-refractivity contribution is 7.81. The first-order valence-electron chi connectivity index (χ1n) is 43.3. The van der Waals surface area contributed by atoms with E-state index in [4.69, 9.17) is 36.8 Å². The fourth-order valence-corrected chi connectivity index (χ4v) is 17.1. The summed E-state index contributed by atoms with van der Waals surface area (Å²) in [5.74, 6) is 1.50. The SMILES string of the molecule is CC(C)(C)OC(=O)N1CCC(N(Cc2nnc([C@@H]3CC[C@@H]4CN3C(=O)N4O)o2)C(=O)OC(C)(C)C)CC1.CC(C)(C)OC(=O)N1CCC(N(Cc2nnc([C@@H]3CC[C@@H]4CN3C(=O)N4OS(=O)(=O)[O-])o2)C(=O)OC(C)(C)C)CC1.CCCC[N+](CCCC)(CCCC)CCCC.O=C1N2C[C@@H](CC[C@H]2c2nnc(CNC3CCNCC3)o2)N1OS(=O)(=O)O. The van der Waals surface area contributed by atoms with E-state index in [0.29, 0.717) is 131 Å². The van der Waals surface area contributed by atoms with Crippen molar-refractivity contribution in [3.63, 3.8) is 0 Å². The normalized spacial score (nSPS) is 22.0. The van der Waals surface area contributed by atoms with E-state index in [2.05, 4.69) is 77.5 Å². The molecule has 12 heterocycles. The van der Waals surface area contributed by atoms with Crippen molar-refractivity contribution >= 4 is 63.3 Å². The van der Waals surface area contributed by atoms with Crippen LogP contribution < -0.4 is 10.6 Å². The van der Waals surface area contributed by atoms with Gasteiger partial charge in [-0.15, -0.1) is 34.9 Å². The van der Waals surface area contributed by atoms with Gasteiger partial charge in [0, 0.05) is 63.9 Å². The fraction of sp³-hybridized carbons (Fsp3) is 0.833. The van der Waals surface area contributed by atoms with Gasteiger partial charge in [0.25, 0.3) is 0 Å². The number of piperidine rings is 6. The summed E-state index contributed by atoms with van der Waals surface area (Å²) < 4.78 is 114. The molecule has 0 saturated carbocycles. The van der Waals surface area contributed by atoms with Gasteiger partial charge in [0.05, 0.1) is 50.8 Å². The molecular weight excluding hydrogens is 1640 g/mol. The number of likely N-dealkylation sites (tertiary alicyclic amines) is 2. The minimum absolute atomic E-state index is 0.0361. The lowest BCUT2D eigenvalue weighted by atomic mass is 10.0. The second kappa shape index (κ2) is 42.3. The van der Waals surface area contributed by atoms with Gasteiger partial charge in [0.1, 0.15) is 53.6 Å². The Morgan fingerprint density at radius 1 is 0.492 bits per heavy atom. The van der Waals surface area contributed by atoms with Gasteiger partial charge in [0.2, 0.25) is 45.7 Å². The number of nitrogens with zero attached hydrogens (tertiary/aromatic N) is 17. The van der Waals surface area contributed by atoms with Crippen LogP contribution in [0.5, 0.6) is 0 Å². The van der Waals surface area contributed by atoms with Crippen molar-refractivity contribution in [1.82, 2.24) is 90.7 Å². The number of hydrogen-bond donors (Lipinski definition) is 4. The zero-order valence-electron chi connectivity index (χ0n) is 74.0. The number of urea groups is 3. The number of carbonyl (C=O) groups excluding carboxylic acids is 7. The van der Waals surface area contributed by atoms with Crippen molar-refractivity contribution in [2.24, 2.45) is 0 Å². The zero-order valence-corrected chi connectivity index (χ0v) is 75.7. The Labute approximate surface area is 716 Å². The highest BCUT2D eigenvalue weighted by Crippen LogP contribution is 2.42. The zero-order chi connectivity index (χ0) is 89.5. The van der Waals surface area contributed by atoms with Crippen molar-refractivity contribution in [3.05, 3.63) is 35.3 Å². The van der Waals surface area contributed by atoms with E-state index in [1.54, 1.807) is 77.0 Å². The molecule has 44 heteroatoms. The molecule has 9 saturated heterocycles. The Balaban J connectivity index is 0.000000193. The van der Waals surface area contributed by atoms with Gasteiger partial charge in [-0.1, -0.05) is 53.4 Å². The van der Waals surface area contributed by atoms with Crippen LogP contribution in [0.3, 0.4) is 0 Å². The summed E-state index contributed by atoms with van der Waals surface area (Å²) in [6, 6.07) is -4.77. The molecule has 10 amide bonds. The third-order valence-corrected chi connectivity index (χ3v) is 23.1. The first kappa shape index (κ1) is 97.7. The third kappa shape index (κ3) is 28.2. The summed E-state index contributed by atoms with van der Waals surface area (Å²) >= 11 is 0. The van der Waals surface area contributed by atoms with Gasteiger partial charge in [0.15, 0.2) is 0 Å². The van der Waals surface area contributed by atoms with Crippen LogP contribution >= 0.6 is 0 Å². The average molecular weight is 1770 g/mol. The molecule has 6 atom stereocenters. The molecule has 690 valence electrons. The average Bonchev–Trinajstić information content (AvgIpc) is 1.61. The number of fused-ring (bicyclic) bond motifs is 6. The number of hydroxylamine groups is 6. The maximum atomic E-state index is 13.2. The van der Waals surface area contributed by atoms with Crippen LogP contribution in [-0.4, -0.2) is 302 Å². The van der Waals surface area contributed by atoms with Gasteiger partial charge < -0.3 is 76.4 Å². The summed E-state index contributed by atoms with van der Waals surface area (Å²) in [5, 5.41) is 43.3. The maximum absolute atomic E-state index is 13.2. The topological polar surface area (TPSA) is 480 Å². The summed E-state index contributed by atoms with van der Waals surface area (Å²) in [6.07, 6.45) is 16.3. The highest BCUT2D eigenvalue weighted by atomic mass is 32.3.